The molecule has 0 aliphatic rings. The molecule has 0 amide bonds. The molecule has 2 heterocycles. The minimum Gasteiger partial charge on any atom is -0.491 e. The monoisotopic (exact) mass is 325 g/mol. The highest BCUT2D eigenvalue weighted by Crippen LogP contribution is 2.21. The van der Waals surface area contributed by atoms with Crippen LogP contribution in [-0.2, 0) is 6.54 Å². The summed E-state index contributed by atoms with van der Waals surface area (Å²) in [6.45, 7) is 8.97. The van der Waals surface area contributed by atoms with E-state index in [1.54, 1.807) is 10.8 Å². The standard InChI is InChI=1S/C18H23N5O/c1-12(2)16-9-17(18-21-20-11-23(18)22-16)19-10-14-6-5-7-15(8-14)24-13(3)4/h5-9,11-13,19H,10H2,1-4H3. The van der Waals surface area contributed by atoms with Crippen molar-refractivity contribution in [3.05, 3.63) is 47.9 Å². The first kappa shape index (κ1) is 16.2. The van der Waals surface area contributed by atoms with Gasteiger partial charge in [-0.05, 0) is 43.5 Å². The first-order valence-electron chi connectivity index (χ1n) is 8.23. The average Bonchev–Trinajstić information content (AvgIpc) is 3.00. The summed E-state index contributed by atoms with van der Waals surface area (Å²) >= 11 is 0. The molecule has 6 nitrogen and oxygen atoms in total. The summed E-state index contributed by atoms with van der Waals surface area (Å²) in [5.74, 6) is 1.22. The van der Waals surface area contributed by atoms with Gasteiger partial charge in [0.05, 0.1) is 17.5 Å². The van der Waals surface area contributed by atoms with Gasteiger partial charge in [0.2, 0.25) is 5.65 Å². The van der Waals surface area contributed by atoms with Gasteiger partial charge < -0.3 is 10.1 Å². The fourth-order valence-electron chi connectivity index (χ4n) is 2.46. The van der Waals surface area contributed by atoms with Crippen LogP contribution in [0.1, 0.15) is 44.9 Å². The van der Waals surface area contributed by atoms with E-state index in [-0.39, 0.29) is 6.10 Å². The van der Waals surface area contributed by atoms with Crippen molar-refractivity contribution in [2.75, 3.05) is 5.32 Å². The Bertz CT molecular complexity index is 825. The van der Waals surface area contributed by atoms with Crippen molar-refractivity contribution in [3.63, 3.8) is 0 Å². The molecule has 1 aromatic carbocycles. The molecule has 0 aliphatic heterocycles. The predicted octanol–water partition coefficient (Wildman–Crippen LogP) is 3.65. The number of nitrogens with zero attached hydrogens (tertiary/aromatic N) is 4. The zero-order chi connectivity index (χ0) is 17.1. The van der Waals surface area contributed by atoms with Crippen molar-refractivity contribution in [1.82, 2.24) is 19.8 Å². The van der Waals surface area contributed by atoms with Gasteiger partial charge in [-0.3, -0.25) is 0 Å². The van der Waals surface area contributed by atoms with Crippen molar-refractivity contribution in [3.8, 4) is 5.75 Å². The van der Waals surface area contributed by atoms with Crippen molar-refractivity contribution in [1.29, 1.82) is 0 Å². The van der Waals surface area contributed by atoms with Crippen LogP contribution in [0.2, 0.25) is 0 Å². The number of nitrogens with one attached hydrogen (secondary N) is 1. The fraction of sp³-hybridized carbons (Fsp3) is 0.389. The Morgan fingerprint density at radius 3 is 2.75 bits per heavy atom. The van der Waals surface area contributed by atoms with Gasteiger partial charge in [0.1, 0.15) is 12.1 Å². The molecule has 0 unspecified atom stereocenters. The molecule has 0 saturated heterocycles. The number of fused-ring (bicyclic) bond motifs is 1. The van der Waals surface area contributed by atoms with Gasteiger partial charge in [0.25, 0.3) is 0 Å². The van der Waals surface area contributed by atoms with Crippen LogP contribution in [-0.4, -0.2) is 25.9 Å². The highest BCUT2D eigenvalue weighted by atomic mass is 16.5. The summed E-state index contributed by atoms with van der Waals surface area (Å²) in [4.78, 5) is 0. The molecule has 2 aromatic heterocycles. The van der Waals surface area contributed by atoms with E-state index in [0.29, 0.717) is 12.5 Å². The Kier molecular flexibility index (Phi) is 4.64. The molecule has 3 aromatic rings. The molecular formula is C18H23N5O. The number of rotatable bonds is 6. The van der Waals surface area contributed by atoms with Crippen LogP contribution in [0.3, 0.4) is 0 Å². The van der Waals surface area contributed by atoms with E-state index in [9.17, 15) is 0 Å². The van der Waals surface area contributed by atoms with E-state index in [2.05, 4.69) is 46.6 Å². The SMILES string of the molecule is CC(C)Oc1cccc(CNc2cc(C(C)C)nn3cnnc23)c1. The highest BCUT2D eigenvalue weighted by Gasteiger charge is 2.10. The second kappa shape index (κ2) is 6.86. The first-order valence-corrected chi connectivity index (χ1v) is 8.23. The molecule has 126 valence electrons. The number of hydrogen-bond donors (Lipinski definition) is 1. The topological polar surface area (TPSA) is 64.3 Å². The maximum Gasteiger partial charge on any atom is 0.200 e. The smallest absolute Gasteiger partial charge is 0.200 e. The van der Waals surface area contributed by atoms with Crippen molar-refractivity contribution >= 4 is 11.3 Å². The van der Waals surface area contributed by atoms with Crippen LogP contribution in [0.5, 0.6) is 5.75 Å². The molecule has 1 N–H and O–H groups in total. The molecule has 0 saturated carbocycles. The molecular weight excluding hydrogens is 302 g/mol. The predicted molar refractivity (Wildman–Crippen MR) is 94.4 cm³/mol. The van der Waals surface area contributed by atoms with Gasteiger partial charge in [-0.1, -0.05) is 26.0 Å². The average molecular weight is 325 g/mol. The molecule has 0 radical (unpaired) electrons. The lowest BCUT2D eigenvalue weighted by molar-refractivity contribution is 0.242. The quantitative estimate of drug-likeness (QED) is 0.749. The summed E-state index contributed by atoms with van der Waals surface area (Å²) in [6.07, 6.45) is 1.79. The van der Waals surface area contributed by atoms with E-state index >= 15 is 0 Å². The van der Waals surface area contributed by atoms with Gasteiger partial charge in [0.15, 0.2) is 0 Å². The van der Waals surface area contributed by atoms with Crippen LogP contribution in [0.15, 0.2) is 36.7 Å². The van der Waals surface area contributed by atoms with Crippen LogP contribution >= 0.6 is 0 Å². The molecule has 0 spiro atoms. The first-order chi connectivity index (χ1) is 11.5. The van der Waals surface area contributed by atoms with Crippen LogP contribution < -0.4 is 10.1 Å². The van der Waals surface area contributed by atoms with Crippen LogP contribution in [0, 0.1) is 0 Å². The second-order valence-electron chi connectivity index (χ2n) is 6.40. The Morgan fingerprint density at radius 2 is 2.00 bits per heavy atom. The third-order valence-electron chi connectivity index (χ3n) is 3.63. The third kappa shape index (κ3) is 3.64. The molecule has 24 heavy (non-hydrogen) atoms. The Balaban J connectivity index is 1.81. The molecule has 0 bridgehead atoms. The van der Waals surface area contributed by atoms with Crippen molar-refractivity contribution in [2.24, 2.45) is 0 Å². The number of aromatic nitrogens is 4. The Hall–Kier alpha value is -2.63. The van der Waals surface area contributed by atoms with Gasteiger partial charge in [-0.2, -0.15) is 9.61 Å². The lowest BCUT2D eigenvalue weighted by Crippen LogP contribution is -2.08. The maximum absolute atomic E-state index is 5.75. The number of hydrogen-bond acceptors (Lipinski definition) is 5. The summed E-state index contributed by atoms with van der Waals surface area (Å²) in [5.41, 5.74) is 3.81. The fourth-order valence-corrected chi connectivity index (χ4v) is 2.46. The van der Waals surface area contributed by atoms with Gasteiger partial charge in [-0.25, -0.2) is 0 Å². The van der Waals surface area contributed by atoms with E-state index in [1.807, 2.05) is 32.0 Å². The zero-order valence-corrected chi connectivity index (χ0v) is 14.5. The summed E-state index contributed by atoms with van der Waals surface area (Å²) in [6, 6.07) is 10.2. The zero-order valence-electron chi connectivity index (χ0n) is 14.5. The minimum atomic E-state index is 0.164. The van der Waals surface area contributed by atoms with E-state index in [0.717, 1.165) is 28.3 Å². The number of benzene rings is 1. The molecule has 3 rings (SSSR count). The Morgan fingerprint density at radius 1 is 1.17 bits per heavy atom. The third-order valence-corrected chi connectivity index (χ3v) is 3.63. The number of ether oxygens (including phenoxy) is 1. The largest absolute Gasteiger partial charge is 0.491 e. The summed E-state index contributed by atoms with van der Waals surface area (Å²) < 4.78 is 7.47. The minimum absolute atomic E-state index is 0.164. The van der Waals surface area contributed by atoms with Gasteiger partial charge in [-0.15, -0.1) is 10.2 Å². The summed E-state index contributed by atoms with van der Waals surface area (Å²) in [5, 5.41) is 16.1. The lowest BCUT2D eigenvalue weighted by atomic mass is 10.1. The highest BCUT2D eigenvalue weighted by molar-refractivity contribution is 5.66. The van der Waals surface area contributed by atoms with Gasteiger partial charge in [0, 0.05) is 6.54 Å². The van der Waals surface area contributed by atoms with E-state index < -0.39 is 0 Å². The molecule has 0 aliphatic carbocycles. The Labute approximate surface area is 141 Å². The lowest BCUT2D eigenvalue weighted by Gasteiger charge is -2.13. The van der Waals surface area contributed by atoms with Crippen LogP contribution in [0.25, 0.3) is 5.65 Å². The second-order valence-corrected chi connectivity index (χ2v) is 6.40. The van der Waals surface area contributed by atoms with E-state index in [4.69, 9.17) is 4.74 Å². The normalized spacial score (nSPS) is 11.4. The summed E-state index contributed by atoms with van der Waals surface area (Å²) in [7, 11) is 0. The van der Waals surface area contributed by atoms with Crippen molar-refractivity contribution in [2.45, 2.75) is 46.3 Å². The van der Waals surface area contributed by atoms with Crippen LogP contribution in [0.4, 0.5) is 5.69 Å². The molecule has 6 heteroatoms. The maximum atomic E-state index is 5.75. The number of anilines is 1. The van der Waals surface area contributed by atoms with E-state index in [1.165, 1.54) is 0 Å². The molecule has 0 fully saturated rings. The van der Waals surface area contributed by atoms with Crippen molar-refractivity contribution < 1.29 is 4.74 Å². The molecule has 0 atom stereocenters. The van der Waals surface area contributed by atoms with Gasteiger partial charge >= 0.3 is 0 Å².